The molecular formula is C23H22ClIN4O4. The molecule has 1 saturated heterocycles. The fraction of sp³-hybridized carbons (Fsp3) is 0.217. The van der Waals surface area contributed by atoms with E-state index in [1.165, 1.54) is 0 Å². The van der Waals surface area contributed by atoms with Crippen LogP contribution >= 0.6 is 35.0 Å². The summed E-state index contributed by atoms with van der Waals surface area (Å²) in [6.07, 6.45) is 1.20. The molecule has 1 aliphatic heterocycles. The second kappa shape index (κ2) is 10.3. The van der Waals surface area contributed by atoms with Crippen LogP contribution in [0.5, 0.6) is 0 Å². The number of rotatable bonds is 7. The lowest BCUT2D eigenvalue weighted by Gasteiger charge is -2.29. The third kappa shape index (κ3) is 5.19. The Morgan fingerprint density at radius 2 is 1.82 bits per heavy atom. The van der Waals surface area contributed by atoms with E-state index in [1.807, 2.05) is 61.5 Å². The second-order valence-corrected chi connectivity index (χ2v) is 8.89. The van der Waals surface area contributed by atoms with Gasteiger partial charge in [-0.3, -0.25) is 14.5 Å². The van der Waals surface area contributed by atoms with Crippen LogP contribution in [0.4, 0.5) is 4.79 Å². The molecular weight excluding hydrogens is 559 g/mol. The number of carboxylic acids is 1. The number of imidazole rings is 1. The summed E-state index contributed by atoms with van der Waals surface area (Å²) >= 11 is 2.23. The number of halogens is 2. The van der Waals surface area contributed by atoms with E-state index in [4.69, 9.17) is 5.11 Å². The van der Waals surface area contributed by atoms with Gasteiger partial charge in [0.25, 0.3) is 5.91 Å². The van der Waals surface area contributed by atoms with E-state index < -0.39 is 36.4 Å². The summed E-state index contributed by atoms with van der Waals surface area (Å²) in [7, 11) is 0. The zero-order valence-electron chi connectivity index (χ0n) is 17.6. The molecule has 1 aliphatic rings. The summed E-state index contributed by atoms with van der Waals surface area (Å²) < 4.78 is 1.10. The maximum atomic E-state index is 13.1. The number of H-pyrrole nitrogens is 1. The third-order valence-corrected chi connectivity index (χ3v) is 6.26. The van der Waals surface area contributed by atoms with Crippen molar-refractivity contribution in [1.82, 2.24) is 20.2 Å². The Kier molecular flexibility index (Phi) is 7.75. The Labute approximate surface area is 210 Å². The Hall–Kier alpha value is -2.92. The lowest BCUT2D eigenvalue weighted by molar-refractivity contribution is -0.140. The number of benzene rings is 2. The fourth-order valence-electron chi connectivity index (χ4n) is 3.91. The van der Waals surface area contributed by atoms with Gasteiger partial charge in [0.15, 0.2) is 0 Å². The minimum Gasteiger partial charge on any atom is -0.481 e. The zero-order chi connectivity index (χ0) is 22.8. The maximum Gasteiger partial charge on any atom is 0.325 e. The molecule has 0 spiro atoms. The largest absolute Gasteiger partial charge is 0.481 e. The number of hydrogen-bond acceptors (Lipinski definition) is 4. The Morgan fingerprint density at radius 3 is 2.45 bits per heavy atom. The number of aromatic nitrogens is 2. The number of imide groups is 1. The van der Waals surface area contributed by atoms with Gasteiger partial charge in [0, 0.05) is 9.49 Å². The molecule has 0 saturated carbocycles. The quantitative estimate of drug-likeness (QED) is 0.284. The van der Waals surface area contributed by atoms with Gasteiger partial charge >= 0.3 is 12.0 Å². The van der Waals surface area contributed by atoms with Crippen LogP contribution in [0.3, 0.4) is 0 Å². The Balaban J connectivity index is 0.00000306. The predicted octanol–water partition coefficient (Wildman–Crippen LogP) is 4.34. The van der Waals surface area contributed by atoms with Crippen LogP contribution in [0.1, 0.15) is 36.7 Å². The van der Waals surface area contributed by atoms with Crippen molar-refractivity contribution in [2.75, 3.05) is 0 Å². The molecule has 1 aromatic heterocycles. The van der Waals surface area contributed by atoms with Gasteiger partial charge in [-0.1, -0.05) is 49.4 Å². The van der Waals surface area contributed by atoms with E-state index >= 15 is 0 Å². The molecule has 3 N–H and O–H groups in total. The first kappa shape index (κ1) is 24.7. The maximum absolute atomic E-state index is 13.1. The first-order valence-corrected chi connectivity index (χ1v) is 11.1. The fourth-order valence-corrected chi connectivity index (χ4v) is 4.27. The van der Waals surface area contributed by atoms with E-state index in [0.29, 0.717) is 5.82 Å². The number of aliphatic carboxylic acids is 1. The number of nitrogens with zero attached hydrogens (tertiary/aromatic N) is 2. The number of carboxylic acid groups (broad SMARTS) is 1. The molecule has 0 unspecified atom stereocenters. The summed E-state index contributed by atoms with van der Waals surface area (Å²) in [6, 6.07) is 15.0. The average molecular weight is 581 g/mol. The molecule has 1 fully saturated rings. The highest BCUT2D eigenvalue weighted by molar-refractivity contribution is 14.1. The van der Waals surface area contributed by atoms with E-state index in [-0.39, 0.29) is 18.3 Å². The summed E-state index contributed by atoms with van der Waals surface area (Å²) in [5, 5.41) is 11.6. The monoisotopic (exact) mass is 580 g/mol. The molecule has 3 aromatic rings. The first-order valence-electron chi connectivity index (χ1n) is 10.1. The molecule has 0 aliphatic carbocycles. The van der Waals surface area contributed by atoms with Crippen LogP contribution in [0.15, 0.2) is 60.8 Å². The molecule has 10 heteroatoms. The van der Waals surface area contributed by atoms with Crippen LogP contribution in [-0.4, -0.2) is 43.9 Å². The van der Waals surface area contributed by atoms with Gasteiger partial charge < -0.3 is 15.4 Å². The van der Waals surface area contributed by atoms with Gasteiger partial charge in [-0.05, 0) is 45.9 Å². The SMILES string of the molecule is C[C@@H](c1ccccc1)[C@@H](c1ncc(-c2ccc(I)cc2)[nH]1)N1C(=O)N[C@H](CC(=O)O)C1=O.Cl. The number of amides is 3. The van der Waals surface area contributed by atoms with Crippen LogP contribution in [0.2, 0.25) is 0 Å². The van der Waals surface area contributed by atoms with Crippen molar-refractivity contribution in [2.24, 2.45) is 0 Å². The van der Waals surface area contributed by atoms with Gasteiger partial charge in [-0.25, -0.2) is 9.78 Å². The van der Waals surface area contributed by atoms with Crippen molar-refractivity contribution in [3.63, 3.8) is 0 Å². The van der Waals surface area contributed by atoms with Crippen molar-refractivity contribution >= 4 is 52.9 Å². The summed E-state index contributed by atoms with van der Waals surface area (Å²) in [6.45, 7) is 1.91. The van der Waals surface area contributed by atoms with Crippen LogP contribution in [0, 0.1) is 3.57 Å². The van der Waals surface area contributed by atoms with E-state index in [1.54, 1.807) is 6.20 Å². The molecule has 0 radical (unpaired) electrons. The highest BCUT2D eigenvalue weighted by Gasteiger charge is 2.46. The van der Waals surface area contributed by atoms with Gasteiger partial charge in [-0.2, -0.15) is 0 Å². The lowest BCUT2D eigenvalue weighted by atomic mass is 9.91. The van der Waals surface area contributed by atoms with Crippen LogP contribution in [0.25, 0.3) is 11.3 Å². The molecule has 2 aromatic carbocycles. The smallest absolute Gasteiger partial charge is 0.325 e. The van der Waals surface area contributed by atoms with Crippen molar-refractivity contribution in [3.05, 3.63) is 75.8 Å². The topological polar surface area (TPSA) is 115 Å². The molecule has 0 bridgehead atoms. The van der Waals surface area contributed by atoms with E-state index in [9.17, 15) is 14.4 Å². The molecule has 8 nitrogen and oxygen atoms in total. The third-order valence-electron chi connectivity index (χ3n) is 5.54. The minimum absolute atomic E-state index is 0. The first-order chi connectivity index (χ1) is 15.3. The Morgan fingerprint density at radius 1 is 1.15 bits per heavy atom. The highest BCUT2D eigenvalue weighted by Crippen LogP contribution is 2.37. The van der Waals surface area contributed by atoms with E-state index in [2.05, 4.69) is 37.9 Å². The molecule has 4 rings (SSSR count). The van der Waals surface area contributed by atoms with Gasteiger partial charge in [-0.15, -0.1) is 12.4 Å². The molecule has 2 heterocycles. The van der Waals surface area contributed by atoms with Crippen LogP contribution < -0.4 is 5.32 Å². The second-order valence-electron chi connectivity index (χ2n) is 7.64. The molecule has 172 valence electrons. The standard InChI is InChI=1S/C23H21IN4O4.ClH/c1-13(14-5-3-2-4-6-14)20(28-22(31)17(11-19(29)30)27-23(28)32)21-25-12-18(26-21)15-7-9-16(24)10-8-15;/h2-10,12-13,17,20H,11H2,1H3,(H,25,26)(H,27,32)(H,29,30);1H/t13-,17+,20-;/m0./s1. The van der Waals surface area contributed by atoms with Crippen LogP contribution in [-0.2, 0) is 9.59 Å². The predicted molar refractivity (Wildman–Crippen MR) is 133 cm³/mol. The number of carbonyl (C=O) groups is 3. The number of carbonyl (C=O) groups excluding carboxylic acids is 2. The van der Waals surface area contributed by atoms with Crippen molar-refractivity contribution in [2.45, 2.75) is 31.3 Å². The number of aromatic amines is 1. The van der Waals surface area contributed by atoms with Crippen molar-refractivity contribution < 1.29 is 19.5 Å². The summed E-state index contributed by atoms with van der Waals surface area (Å²) in [4.78, 5) is 45.9. The minimum atomic E-state index is -1.16. The number of nitrogens with one attached hydrogen (secondary N) is 2. The van der Waals surface area contributed by atoms with Gasteiger partial charge in [0.05, 0.1) is 18.3 Å². The lowest BCUT2D eigenvalue weighted by Crippen LogP contribution is -2.38. The van der Waals surface area contributed by atoms with Crippen molar-refractivity contribution in [3.8, 4) is 11.3 Å². The van der Waals surface area contributed by atoms with E-state index in [0.717, 1.165) is 25.3 Å². The van der Waals surface area contributed by atoms with Crippen molar-refractivity contribution in [1.29, 1.82) is 0 Å². The van der Waals surface area contributed by atoms with Gasteiger partial charge in [0.1, 0.15) is 17.9 Å². The molecule has 3 atom stereocenters. The number of hydrogen-bond donors (Lipinski definition) is 3. The molecule has 33 heavy (non-hydrogen) atoms. The molecule has 3 amide bonds. The Bertz CT molecular complexity index is 1150. The van der Waals surface area contributed by atoms with Gasteiger partial charge in [0.2, 0.25) is 0 Å². The normalized spacial score (nSPS) is 17.3. The summed E-state index contributed by atoms with van der Waals surface area (Å²) in [5.74, 6) is -1.56. The number of urea groups is 1. The average Bonchev–Trinajstić information content (AvgIpc) is 3.35. The summed E-state index contributed by atoms with van der Waals surface area (Å²) in [5.41, 5.74) is 2.61. The zero-order valence-corrected chi connectivity index (χ0v) is 20.5. The highest BCUT2D eigenvalue weighted by atomic mass is 127.